The molecule has 0 radical (unpaired) electrons. The number of carbonyl (C=O) groups excluding carboxylic acids is 2. The lowest BCUT2D eigenvalue weighted by atomic mass is 10.1. The van der Waals surface area contributed by atoms with Gasteiger partial charge in [-0.15, -0.1) is 0 Å². The van der Waals surface area contributed by atoms with Crippen LogP contribution in [0.2, 0.25) is 0 Å². The monoisotopic (exact) mass is 416 g/mol. The Balaban J connectivity index is 1.29. The summed E-state index contributed by atoms with van der Waals surface area (Å²) < 4.78 is 0. The Kier molecular flexibility index (Phi) is 8.17. The van der Waals surface area contributed by atoms with Crippen molar-refractivity contribution >= 4 is 23.2 Å². The van der Waals surface area contributed by atoms with E-state index in [-0.39, 0.29) is 11.8 Å². The van der Waals surface area contributed by atoms with Crippen molar-refractivity contribution in [2.45, 2.75) is 32.1 Å². The number of nitrogens with zero attached hydrogens (tertiary/aromatic N) is 1. The van der Waals surface area contributed by atoms with Gasteiger partial charge in [0.05, 0.1) is 22.6 Å². The van der Waals surface area contributed by atoms with E-state index < -0.39 is 0 Å². The lowest BCUT2D eigenvalue weighted by molar-refractivity contribution is -0.116. The predicted octanol–water partition coefficient (Wildman–Crippen LogP) is 4.65. The maximum Gasteiger partial charge on any atom is 0.252 e. The van der Waals surface area contributed by atoms with Crippen molar-refractivity contribution in [3.63, 3.8) is 0 Å². The summed E-state index contributed by atoms with van der Waals surface area (Å²) in [5, 5.41) is 5.76. The van der Waals surface area contributed by atoms with E-state index in [9.17, 15) is 9.59 Å². The molecule has 0 saturated heterocycles. The van der Waals surface area contributed by atoms with Crippen LogP contribution < -0.4 is 16.4 Å². The summed E-state index contributed by atoms with van der Waals surface area (Å²) in [6, 6.07) is 20.7. The van der Waals surface area contributed by atoms with E-state index in [1.54, 1.807) is 24.4 Å². The van der Waals surface area contributed by atoms with Crippen molar-refractivity contribution < 1.29 is 9.59 Å². The molecule has 160 valence electrons. The van der Waals surface area contributed by atoms with E-state index in [1.165, 1.54) is 0 Å². The summed E-state index contributed by atoms with van der Waals surface area (Å²) in [6.07, 6.45) is 5.62. The first-order chi connectivity index (χ1) is 15.1. The fourth-order valence-corrected chi connectivity index (χ4v) is 3.20. The standard InChI is InChI=1S/C25H28N4O2/c26-21-12-7-8-13-23(21)29-24(30)14-6-1-2-9-17-27-25(31)20-15-16-22(28-18-20)19-10-4-3-5-11-19/h3-5,7-8,10-13,15-16,18H,1-2,6,9,14,17,26H2,(H,27,31)(H,29,30). The quantitative estimate of drug-likeness (QED) is 0.331. The number of nitrogens with one attached hydrogen (secondary N) is 2. The SMILES string of the molecule is Nc1ccccc1NC(=O)CCCCCCNC(=O)c1ccc(-c2ccccc2)nc1. The minimum Gasteiger partial charge on any atom is -0.397 e. The Hall–Kier alpha value is -3.67. The molecule has 2 aromatic carbocycles. The molecular weight excluding hydrogens is 388 g/mol. The topological polar surface area (TPSA) is 97.1 Å². The first-order valence-corrected chi connectivity index (χ1v) is 10.6. The normalized spacial score (nSPS) is 10.5. The van der Waals surface area contributed by atoms with Crippen molar-refractivity contribution in [3.8, 4) is 11.3 Å². The van der Waals surface area contributed by atoms with Gasteiger partial charge in [-0.3, -0.25) is 14.6 Å². The maximum atomic E-state index is 12.3. The molecule has 0 spiro atoms. The number of amides is 2. The van der Waals surface area contributed by atoms with Crippen LogP contribution in [0.15, 0.2) is 72.9 Å². The number of para-hydroxylation sites is 2. The van der Waals surface area contributed by atoms with Crippen molar-refractivity contribution in [1.82, 2.24) is 10.3 Å². The molecule has 3 rings (SSSR count). The van der Waals surface area contributed by atoms with Crippen molar-refractivity contribution in [2.24, 2.45) is 0 Å². The smallest absolute Gasteiger partial charge is 0.252 e. The largest absolute Gasteiger partial charge is 0.397 e. The van der Waals surface area contributed by atoms with Crippen LogP contribution in [0.4, 0.5) is 11.4 Å². The number of benzene rings is 2. The average Bonchev–Trinajstić information content (AvgIpc) is 2.80. The molecule has 0 bridgehead atoms. The highest BCUT2D eigenvalue weighted by Crippen LogP contribution is 2.18. The third kappa shape index (κ3) is 6.96. The zero-order valence-corrected chi connectivity index (χ0v) is 17.5. The van der Waals surface area contributed by atoms with Gasteiger partial charge in [0.1, 0.15) is 0 Å². The van der Waals surface area contributed by atoms with E-state index in [0.29, 0.717) is 29.9 Å². The third-order valence-corrected chi connectivity index (χ3v) is 4.95. The second kappa shape index (κ2) is 11.5. The Bertz CT molecular complexity index is 988. The molecule has 0 aliphatic carbocycles. The second-order valence-electron chi connectivity index (χ2n) is 7.35. The van der Waals surface area contributed by atoms with Crippen molar-refractivity contribution in [2.75, 3.05) is 17.6 Å². The summed E-state index contributed by atoms with van der Waals surface area (Å²) in [5.74, 6) is -0.149. The number of hydrogen-bond acceptors (Lipinski definition) is 4. The number of carbonyl (C=O) groups is 2. The first kappa shape index (κ1) is 22.0. The summed E-state index contributed by atoms with van der Waals surface area (Å²) in [4.78, 5) is 28.6. The number of nitrogen functional groups attached to an aromatic ring is 1. The molecule has 6 nitrogen and oxygen atoms in total. The minimum absolute atomic E-state index is 0.0300. The fraction of sp³-hybridized carbons (Fsp3) is 0.240. The van der Waals surface area contributed by atoms with Gasteiger partial charge in [0.2, 0.25) is 5.91 Å². The number of rotatable bonds is 10. The number of aromatic nitrogens is 1. The third-order valence-electron chi connectivity index (χ3n) is 4.95. The van der Waals surface area contributed by atoms with Crippen molar-refractivity contribution in [1.29, 1.82) is 0 Å². The van der Waals surface area contributed by atoms with E-state index in [0.717, 1.165) is 36.9 Å². The van der Waals surface area contributed by atoms with Gasteiger partial charge in [0, 0.05) is 24.7 Å². The van der Waals surface area contributed by atoms with Crippen LogP contribution in [-0.4, -0.2) is 23.3 Å². The molecule has 6 heteroatoms. The van der Waals surface area contributed by atoms with E-state index >= 15 is 0 Å². The summed E-state index contributed by atoms with van der Waals surface area (Å²) in [5.41, 5.74) is 9.47. The van der Waals surface area contributed by atoms with Gasteiger partial charge in [-0.25, -0.2) is 0 Å². The molecule has 1 heterocycles. The van der Waals surface area contributed by atoms with Crippen molar-refractivity contribution in [3.05, 3.63) is 78.5 Å². The van der Waals surface area contributed by atoms with Crippen LogP contribution in [0.3, 0.4) is 0 Å². The highest BCUT2D eigenvalue weighted by Gasteiger charge is 2.07. The summed E-state index contributed by atoms with van der Waals surface area (Å²) in [7, 11) is 0. The summed E-state index contributed by atoms with van der Waals surface area (Å²) in [6.45, 7) is 0.603. The van der Waals surface area contributed by atoms with Gasteiger partial charge in [0.25, 0.3) is 5.91 Å². The molecular formula is C25H28N4O2. The Morgan fingerprint density at radius 1 is 0.839 bits per heavy atom. The average molecular weight is 417 g/mol. The van der Waals surface area contributed by atoms with Gasteiger partial charge in [0.15, 0.2) is 0 Å². The zero-order valence-electron chi connectivity index (χ0n) is 17.5. The van der Waals surface area contributed by atoms with Crippen LogP contribution in [0.5, 0.6) is 0 Å². The van der Waals surface area contributed by atoms with Crippen LogP contribution in [-0.2, 0) is 4.79 Å². The van der Waals surface area contributed by atoms with Crippen LogP contribution in [0, 0.1) is 0 Å². The molecule has 1 aromatic heterocycles. The minimum atomic E-state index is -0.119. The van der Waals surface area contributed by atoms with Crippen LogP contribution in [0.25, 0.3) is 11.3 Å². The molecule has 31 heavy (non-hydrogen) atoms. The van der Waals surface area contributed by atoms with Gasteiger partial charge >= 0.3 is 0 Å². The molecule has 0 saturated carbocycles. The highest BCUT2D eigenvalue weighted by molar-refractivity contribution is 5.94. The Morgan fingerprint density at radius 3 is 2.32 bits per heavy atom. The first-order valence-electron chi connectivity index (χ1n) is 10.6. The highest BCUT2D eigenvalue weighted by atomic mass is 16.2. The van der Waals surface area contributed by atoms with E-state index in [2.05, 4.69) is 15.6 Å². The maximum absolute atomic E-state index is 12.3. The van der Waals surface area contributed by atoms with E-state index in [1.807, 2.05) is 48.5 Å². The fourth-order valence-electron chi connectivity index (χ4n) is 3.20. The number of nitrogens with two attached hydrogens (primary N) is 1. The lowest BCUT2D eigenvalue weighted by Crippen LogP contribution is -2.24. The van der Waals surface area contributed by atoms with Gasteiger partial charge in [-0.05, 0) is 37.1 Å². The number of hydrogen-bond donors (Lipinski definition) is 3. The lowest BCUT2D eigenvalue weighted by Gasteiger charge is -2.08. The van der Waals surface area contributed by atoms with Gasteiger partial charge in [-0.1, -0.05) is 55.3 Å². The molecule has 0 fully saturated rings. The molecule has 3 aromatic rings. The second-order valence-corrected chi connectivity index (χ2v) is 7.35. The number of pyridine rings is 1. The molecule has 0 unspecified atom stereocenters. The Morgan fingerprint density at radius 2 is 1.58 bits per heavy atom. The van der Waals surface area contributed by atoms with Crippen LogP contribution in [0.1, 0.15) is 42.5 Å². The number of anilines is 2. The summed E-state index contributed by atoms with van der Waals surface area (Å²) >= 11 is 0. The van der Waals surface area contributed by atoms with Gasteiger partial charge in [-0.2, -0.15) is 0 Å². The van der Waals surface area contributed by atoms with Gasteiger partial charge < -0.3 is 16.4 Å². The molecule has 0 aliphatic heterocycles. The molecule has 4 N–H and O–H groups in total. The molecule has 0 aliphatic rings. The molecule has 0 atom stereocenters. The zero-order chi connectivity index (χ0) is 21.9. The van der Waals surface area contributed by atoms with Crippen LogP contribution >= 0.6 is 0 Å². The predicted molar refractivity (Wildman–Crippen MR) is 125 cm³/mol. The Labute approximate surface area is 182 Å². The van der Waals surface area contributed by atoms with E-state index in [4.69, 9.17) is 5.73 Å². The molecule has 2 amide bonds. The number of unbranched alkanes of at least 4 members (excludes halogenated alkanes) is 3.